The van der Waals surface area contributed by atoms with Gasteiger partial charge in [0.1, 0.15) is 23.6 Å². The Kier molecular flexibility index (Phi) is 6.79. The lowest BCUT2D eigenvalue weighted by molar-refractivity contribution is -0.142. The van der Waals surface area contributed by atoms with Gasteiger partial charge in [0.05, 0.1) is 18.6 Å². The van der Waals surface area contributed by atoms with E-state index in [4.69, 9.17) is 16.0 Å². The van der Waals surface area contributed by atoms with E-state index in [1.807, 2.05) is 0 Å². The third kappa shape index (κ3) is 4.72. The molecule has 1 aliphatic heterocycles. The van der Waals surface area contributed by atoms with Gasteiger partial charge in [-0.15, -0.1) is 0 Å². The molecule has 7 nitrogen and oxygen atoms in total. The predicted molar refractivity (Wildman–Crippen MR) is 123 cm³/mol. The molecule has 1 unspecified atom stereocenters. The van der Waals surface area contributed by atoms with Crippen molar-refractivity contribution in [3.05, 3.63) is 69.3 Å². The van der Waals surface area contributed by atoms with Crippen LogP contribution in [-0.2, 0) is 19.1 Å². The highest BCUT2D eigenvalue weighted by Gasteiger charge is 2.33. The van der Waals surface area contributed by atoms with Gasteiger partial charge in [-0.25, -0.2) is 9.18 Å². The van der Waals surface area contributed by atoms with E-state index in [0.29, 0.717) is 47.9 Å². The van der Waals surface area contributed by atoms with E-state index in [0.717, 1.165) is 6.07 Å². The molecule has 0 spiro atoms. The number of rotatable bonds is 6. The minimum absolute atomic E-state index is 0.0265. The van der Waals surface area contributed by atoms with Gasteiger partial charge in [-0.1, -0.05) is 23.7 Å². The molecule has 1 aliphatic rings. The van der Waals surface area contributed by atoms with Crippen molar-refractivity contribution in [2.24, 2.45) is 5.92 Å². The van der Waals surface area contributed by atoms with Crippen molar-refractivity contribution in [3.8, 4) is 11.1 Å². The average molecular weight is 486 g/mol. The fraction of sp³-hybridized carbons (Fsp3) is 0.280. The summed E-state index contributed by atoms with van der Waals surface area (Å²) in [6.07, 6.45) is 1.40. The van der Waals surface area contributed by atoms with Gasteiger partial charge in [-0.3, -0.25) is 9.59 Å². The second-order valence-corrected chi connectivity index (χ2v) is 8.60. The lowest BCUT2D eigenvalue weighted by Gasteiger charge is -2.21. The van der Waals surface area contributed by atoms with Gasteiger partial charge < -0.3 is 18.8 Å². The zero-order chi connectivity index (χ0) is 24.4. The molecule has 34 heavy (non-hydrogen) atoms. The molecule has 1 fully saturated rings. The van der Waals surface area contributed by atoms with Crippen LogP contribution in [0, 0.1) is 11.7 Å². The molecule has 0 N–H and O–H groups in total. The van der Waals surface area contributed by atoms with Crippen molar-refractivity contribution >= 4 is 40.7 Å². The molecule has 0 aliphatic carbocycles. The highest BCUT2D eigenvalue weighted by Crippen LogP contribution is 2.34. The van der Waals surface area contributed by atoms with Crippen molar-refractivity contribution in [1.29, 1.82) is 0 Å². The third-order valence-electron chi connectivity index (χ3n) is 6.03. The molecule has 2 heterocycles. The van der Waals surface area contributed by atoms with Crippen LogP contribution >= 0.6 is 11.6 Å². The zero-order valence-electron chi connectivity index (χ0n) is 18.3. The van der Waals surface area contributed by atoms with E-state index in [1.54, 1.807) is 17.0 Å². The Morgan fingerprint density at radius 1 is 1.24 bits per heavy atom. The molecule has 9 heteroatoms. The summed E-state index contributed by atoms with van der Waals surface area (Å²) in [6.45, 7) is 0.787. The summed E-state index contributed by atoms with van der Waals surface area (Å²) in [5.74, 6) is -2.35. The van der Waals surface area contributed by atoms with Gasteiger partial charge >= 0.3 is 11.6 Å². The highest BCUT2D eigenvalue weighted by atomic mass is 35.5. The summed E-state index contributed by atoms with van der Waals surface area (Å²) in [5, 5.41) is 0.653. The smallest absolute Gasteiger partial charge is 0.336 e. The molecule has 1 amide bonds. The van der Waals surface area contributed by atoms with Crippen LogP contribution in [0.15, 0.2) is 51.7 Å². The molecule has 1 saturated heterocycles. The summed E-state index contributed by atoms with van der Waals surface area (Å²) >= 11 is 6.19. The van der Waals surface area contributed by atoms with Crippen LogP contribution in [0.4, 0.5) is 4.39 Å². The number of benzene rings is 2. The fourth-order valence-corrected chi connectivity index (χ4v) is 4.57. The Balaban J connectivity index is 1.65. The first-order valence-electron chi connectivity index (χ1n) is 10.6. The Labute approximate surface area is 199 Å². The number of halogens is 2. The molecule has 3 aromatic rings. The molecule has 0 radical (unpaired) electrons. The standard InChI is InChI=1S/C25H21ClFNO6/c1-33-23(30)8-14-6-7-28(12-14)25(32)20(13-29)15-2-4-18-19(11-24(31)34-22(18)9-15)17-5-3-16(27)10-21(17)26/h2-5,9-11,13-14,20H,6-8,12H2,1H3/t14-,20?/m1/s1. The number of carbonyl (C=O) groups excluding carboxylic acids is 3. The summed E-state index contributed by atoms with van der Waals surface area (Å²) in [4.78, 5) is 50.3. The number of fused-ring (bicyclic) bond motifs is 1. The Bertz CT molecular complexity index is 1340. The minimum atomic E-state index is -1.09. The molecule has 2 atom stereocenters. The molecule has 0 bridgehead atoms. The van der Waals surface area contributed by atoms with Gasteiger partial charge in [0.25, 0.3) is 0 Å². The number of methoxy groups -OCH3 is 1. The first-order chi connectivity index (χ1) is 16.3. The number of aldehydes is 1. The molecular weight excluding hydrogens is 465 g/mol. The number of hydrogen-bond donors (Lipinski definition) is 0. The lowest BCUT2D eigenvalue weighted by Crippen LogP contribution is -2.34. The van der Waals surface area contributed by atoms with E-state index in [-0.39, 0.29) is 34.8 Å². The van der Waals surface area contributed by atoms with Gasteiger partial charge in [-0.2, -0.15) is 0 Å². The Morgan fingerprint density at radius 3 is 2.74 bits per heavy atom. The fourth-order valence-electron chi connectivity index (χ4n) is 4.30. The van der Waals surface area contributed by atoms with Crippen molar-refractivity contribution in [3.63, 3.8) is 0 Å². The average Bonchev–Trinajstić information content (AvgIpc) is 3.27. The SMILES string of the molecule is COC(=O)C[C@H]1CCN(C(=O)C(C=O)c2ccc3c(-c4ccc(F)cc4Cl)cc(=O)oc3c2)C1. The van der Waals surface area contributed by atoms with Crippen LogP contribution < -0.4 is 5.63 Å². The first kappa shape index (κ1) is 23.6. The number of amides is 1. The van der Waals surface area contributed by atoms with Gasteiger partial charge in [0.15, 0.2) is 0 Å². The first-order valence-corrected chi connectivity index (χ1v) is 11.0. The van der Waals surface area contributed by atoms with E-state index in [9.17, 15) is 23.6 Å². The van der Waals surface area contributed by atoms with Crippen molar-refractivity contribution in [2.45, 2.75) is 18.8 Å². The second kappa shape index (κ2) is 9.77. The summed E-state index contributed by atoms with van der Waals surface area (Å²) in [5.41, 5.74) is 0.783. The van der Waals surface area contributed by atoms with Crippen LogP contribution in [0.2, 0.25) is 5.02 Å². The number of carbonyl (C=O) groups is 3. The van der Waals surface area contributed by atoms with Crippen LogP contribution in [-0.4, -0.2) is 43.3 Å². The van der Waals surface area contributed by atoms with E-state index >= 15 is 0 Å². The maximum atomic E-state index is 13.5. The summed E-state index contributed by atoms with van der Waals surface area (Å²) in [7, 11) is 1.32. The Hall–Kier alpha value is -3.52. The van der Waals surface area contributed by atoms with E-state index in [1.165, 1.54) is 31.4 Å². The number of ether oxygens (including phenoxy) is 1. The van der Waals surface area contributed by atoms with Crippen LogP contribution in [0.3, 0.4) is 0 Å². The van der Waals surface area contributed by atoms with Gasteiger partial charge in [0.2, 0.25) is 5.91 Å². The molecule has 4 rings (SSSR count). The van der Waals surface area contributed by atoms with Gasteiger partial charge in [-0.05, 0) is 42.2 Å². The van der Waals surface area contributed by atoms with Crippen LogP contribution in [0.1, 0.15) is 24.3 Å². The maximum absolute atomic E-state index is 13.5. The predicted octanol–water partition coefficient (Wildman–Crippen LogP) is 3.95. The van der Waals surface area contributed by atoms with Crippen molar-refractivity contribution in [2.75, 3.05) is 20.2 Å². The Morgan fingerprint density at radius 2 is 2.03 bits per heavy atom. The molecule has 1 aromatic heterocycles. The normalized spacial score (nSPS) is 16.4. The third-order valence-corrected chi connectivity index (χ3v) is 6.34. The summed E-state index contributed by atoms with van der Waals surface area (Å²) < 4.78 is 23.5. The van der Waals surface area contributed by atoms with Crippen molar-refractivity contribution < 1.29 is 27.9 Å². The minimum Gasteiger partial charge on any atom is -0.469 e. The monoisotopic (exact) mass is 485 g/mol. The maximum Gasteiger partial charge on any atom is 0.336 e. The molecule has 2 aromatic carbocycles. The van der Waals surface area contributed by atoms with Gasteiger partial charge in [0, 0.05) is 35.7 Å². The lowest BCUT2D eigenvalue weighted by atomic mass is 9.95. The van der Waals surface area contributed by atoms with E-state index in [2.05, 4.69) is 4.74 Å². The number of esters is 1. The molecule has 0 saturated carbocycles. The second-order valence-electron chi connectivity index (χ2n) is 8.19. The van der Waals surface area contributed by atoms with E-state index < -0.39 is 17.4 Å². The molecule has 176 valence electrons. The summed E-state index contributed by atoms with van der Waals surface area (Å²) in [6, 6.07) is 9.84. The highest BCUT2D eigenvalue weighted by molar-refractivity contribution is 6.33. The number of hydrogen-bond acceptors (Lipinski definition) is 6. The quantitative estimate of drug-likeness (QED) is 0.227. The van der Waals surface area contributed by atoms with Crippen LogP contribution in [0.25, 0.3) is 22.1 Å². The number of likely N-dealkylation sites (tertiary alicyclic amines) is 1. The van der Waals surface area contributed by atoms with Crippen LogP contribution in [0.5, 0.6) is 0 Å². The van der Waals surface area contributed by atoms with Crippen molar-refractivity contribution in [1.82, 2.24) is 4.90 Å². The molecular formula is C25H21ClFNO6. The number of nitrogens with zero attached hydrogens (tertiary/aromatic N) is 1. The zero-order valence-corrected chi connectivity index (χ0v) is 19.0. The topological polar surface area (TPSA) is 93.9 Å². The largest absolute Gasteiger partial charge is 0.469 e.